The summed E-state index contributed by atoms with van der Waals surface area (Å²) in [5.74, 6) is 0. The lowest BCUT2D eigenvalue weighted by Crippen LogP contribution is -2.45. The van der Waals surface area contributed by atoms with Gasteiger partial charge in [-0.15, -0.1) is 0 Å². The van der Waals surface area contributed by atoms with Crippen molar-refractivity contribution in [1.29, 1.82) is 0 Å². The fraction of sp³-hybridized carbons (Fsp3) is 0.0566. The van der Waals surface area contributed by atoms with Crippen molar-refractivity contribution in [3.05, 3.63) is 199 Å². The Morgan fingerprint density at radius 3 is 1.88 bits per heavy atom. The molecule has 0 fully saturated rings. The highest BCUT2D eigenvalue weighted by atomic mass is 15.2. The normalized spacial score (nSPS) is 13.4. The van der Waals surface area contributed by atoms with Crippen LogP contribution >= 0.6 is 0 Å². The smallest absolute Gasteiger partial charge is 0.198 e. The van der Waals surface area contributed by atoms with Crippen molar-refractivity contribution in [1.82, 2.24) is 0 Å². The lowest BCUT2D eigenvalue weighted by molar-refractivity contribution is 0.633. The van der Waals surface area contributed by atoms with Gasteiger partial charge in [-0.1, -0.05) is 165 Å². The molecule has 9 aromatic rings. The Kier molecular flexibility index (Phi) is 7.34. The van der Waals surface area contributed by atoms with Crippen LogP contribution in [0.4, 0.5) is 28.4 Å². The van der Waals surface area contributed by atoms with Crippen molar-refractivity contribution in [3.63, 3.8) is 0 Å². The summed E-state index contributed by atoms with van der Waals surface area (Å²) >= 11 is 0. The van der Waals surface area contributed by atoms with Gasteiger partial charge in [0.2, 0.25) is 0 Å². The summed E-state index contributed by atoms with van der Waals surface area (Å²) in [5.41, 5.74) is 18.6. The third kappa shape index (κ3) is 5.12. The Morgan fingerprint density at radius 1 is 0.482 bits per heavy atom. The molecule has 0 aliphatic carbocycles. The van der Waals surface area contributed by atoms with Crippen LogP contribution in [0, 0.1) is 0 Å². The quantitative estimate of drug-likeness (QED) is 0.179. The highest BCUT2D eigenvalue weighted by molar-refractivity contribution is 6.74. The number of benzene rings is 9. The van der Waals surface area contributed by atoms with E-state index in [-0.39, 0.29) is 5.41 Å². The molecule has 264 valence electrons. The summed E-state index contributed by atoms with van der Waals surface area (Å²) in [5, 5.41) is 8.96. The molecule has 9 aromatic carbocycles. The van der Waals surface area contributed by atoms with Gasteiger partial charge in [-0.2, -0.15) is 0 Å². The molecular weight excluding hydrogens is 675 g/mol. The van der Waals surface area contributed by atoms with E-state index in [2.05, 4.69) is 212 Å². The van der Waals surface area contributed by atoms with Crippen LogP contribution in [0.1, 0.15) is 25.0 Å². The van der Waals surface area contributed by atoms with Gasteiger partial charge in [0, 0.05) is 33.7 Å². The first-order valence-electron chi connectivity index (χ1n) is 19.6. The predicted octanol–water partition coefficient (Wildman–Crippen LogP) is 12.5. The lowest BCUT2D eigenvalue weighted by atomic mass is 9.55. The van der Waals surface area contributed by atoms with Gasteiger partial charge in [-0.3, -0.25) is 0 Å². The van der Waals surface area contributed by atoms with Crippen LogP contribution in [0.3, 0.4) is 0 Å². The van der Waals surface area contributed by atoms with Crippen molar-refractivity contribution in [2.75, 3.05) is 10.2 Å². The highest BCUT2D eigenvalue weighted by Crippen LogP contribution is 2.54. The zero-order valence-corrected chi connectivity index (χ0v) is 31.6. The molecule has 3 heteroatoms. The van der Waals surface area contributed by atoms with E-state index in [1.54, 1.807) is 0 Å². The molecule has 0 bridgehead atoms. The monoisotopic (exact) mass is 714 g/mol. The van der Waals surface area contributed by atoms with Gasteiger partial charge < -0.3 is 10.2 Å². The number of fused-ring (bicyclic) bond motifs is 6. The van der Waals surface area contributed by atoms with Crippen molar-refractivity contribution < 1.29 is 0 Å². The van der Waals surface area contributed by atoms with Crippen LogP contribution in [0.25, 0.3) is 54.9 Å². The summed E-state index contributed by atoms with van der Waals surface area (Å²) in [6, 6.07) is 69.2. The van der Waals surface area contributed by atoms with E-state index in [0.29, 0.717) is 0 Å². The topological polar surface area (TPSA) is 15.3 Å². The van der Waals surface area contributed by atoms with Crippen LogP contribution < -0.4 is 21.1 Å². The molecule has 2 heterocycles. The molecule has 0 spiro atoms. The fourth-order valence-electron chi connectivity index (χ4n) is 9.42. The number of anilines is 5. The van der Waals surface area contributed by atoms with Gasteiger partial charge in [-0.05, 0) is 108 Å². The van der Waals surface area contributed by atoms with Crippen LogP contribution in [0.15, 0.2) is 188 Å². The van der Waals surface area contributed by atoms with E-state index >= 15 is 0 Å². The van der Waals surface area contributed by atoms with Crippen molar-refractivity contribution >= 4 is 68.2 Å². The summed E-state index contributed by atoms with van der Waals surface area (Å²) in [6.07, 6.45) is 0. The first-order valence-corrected chi connectivity index (χ1v) is 19.6. The van der Waals surface area contributed by atoms with E-state index in [0.717, 1.165) is 18.7 Å². The Balaban J connectivity index is 1.18. The van der Waals surface area contributed by atoms with Gasteiger partial charge >= 0.3 is 0 Å². The molecule has 0 saturated carbocycles. The summed E-state index contributed by atoms with van der Waals surface area (Å²) in [6.45, 7) is 4.80. The molecule has 2 aliphatic rings. The van der Waals surface area contributed by atoms with E-state index < -0.39 is 0 Å². The maximum Gasteiger partial charge on any atom is 0.198 e. The minimum absolute atomic E-state index is 0.159. The average molecular weight is 715 g/mol. The number of para-hydroxylation sites is 1. The van der Waals surface area contributed by atoms with Crippen molar-refractivity contribution in [2.45, 2.75) is 19.3 Å². The molecule has 11 rings (SSSR count). The highest BCUT2D eigenvalue weighted by Gasteiger charge is 2.41. The third-order valence-electron chi connectivity index (χ3n) is 12.2. The fourth-order valence-corrected chi connectivity index (χ4v) is 9.42. The molecule has 0 amide bonds. The number of nitrogens with one attached hydrogen (secondary N) is 1. The standard InChI is InChI=1S/C53H39BN2/c1-53(2)44-25-14-26-46-52(44)56(48-32-38-20-10-9-19-37(38)31-45(48)53)49-33-40-21-11-12-24-42(40)50(51(49)54-46)43-30-39(35-17-7-4-8-18-35)27-28-47(43)55-41-23-13-22-36(29-41)34-15-5-3-6-16-34/h3-33,54-55H,1-2H3. The van der Waals surface area contributed by atoms with Crippen LogP contribution in [-0.4, -0.2) is 7.28 Å². The summed E-state index contributed by atoms with van der Waals surface area (Å²) in [7, 11) is 0.840. The molecule has 0 aromatic heterocycles. The maximum absolute atomic E-state index is 3.93. The first kappa shape index (κ1) is 32.6. The van der Waals surface area contributed by atoms with E-state index in [1.165, 1.54) is 94.0 Å². The molecular formula is C53H39BN2. The van der Waals surface area contributed by atoms with E-state index in [1.807, 2.05) is 0 Å². The molecule has 2 aliphatic heterocycles. The first-order chi connectivity index (χ1) is 27.5. The molecule has 0 atom stereocenters. The number of hydrogen-bond donors (Lipinski definition) is 1. The maximum atomic E-state index is 3.93. The average Bonchev–Trinajstić information content (AvgIpc) is 3.25. The second kappa shape index (κ2) is 12.6. The zero-order valence-electron chi connectivity index (χ0n) is 31.6. The molecule has 0 unspecified atom stereocenters. The van der Waals surface area contributed by atoms with Crippen LogP contribution in [0.5, 0.6) is 0 Å². The zero-order chi connectivity index (χ0) is 37.4. The molecule has 2 nitrogen and oxygen atoms in total. The van der Waals surface area contributed by atoms with Crippen LogP contribution in [0.2, 0.25) is 0 Å². The Labute approximate surface area is 329 Å². The number of rotatable bonds is 5. The van der Waals surface area contributed by atoms with Gasteiger partial charge in [0.25, 0.3) is 0 Å². The minimum atomic E-state index is -0.159. The largest absolute Gasteiger partial charge is 0.355 e. The second-order valence-electron chi connectivity index (χ2n) is 15.8. The Bertz CT molecular complexity index is 3000. The number of hydrogen-bond acceptors (Lipinski definition) is 2. The van der Waals surface area contributed by atoms with Crippen LogP contribution in [-0.2, 0) is 5.41 Å². The number of nitrogens with zero attached hydrogens (tertiary/aromatic N) is 1. The Hall–Kier alpha value is -6.84. The second-order valence-corrected chi connectivity index (χ2v) is 15.8. The van der Waals surface area contributed by atoms with Crippen molar-refractivity contribution in [3.8, 4) is 33.4 Å². The van der Waals surface area contributed by atoms with Gasteiger partial charge in [0.15, 0.2) is 7.28 Å². The van der Waals surface area contributed by atoms with Gasteiger partial charge in [0.05, 0.1) is 5.69 Å². The molecule has 0 saturated heterocycles. The summed E-state index contributed by atoms with van der Waals surface area (Å²) in [4.78, 5) is 2.60. The lowest BCUT2D eigenvalue weighted by Gasteiger charge is -2.46. The summed E-state index contributed by atoms with van der Waals surface area (Å²) < 4.78 is 0. The van der Waals surface area contributed by atoms with Crippen molar-refractivity contribution in [2.24, 2.45) is 0 Å². The SMILES string of the molecule is CC1(C)c2cc3ccccc3cc2N2c3cc4ccccc4c(-c4cc(-c5ccccc5)ccc4Nc4cccc(-c5ccccc5)c4)c3Bc3cccc1c32. The molecule has 56 heavy (non-hydrogen) atoms. The predicted molar refractivity (Wildman–Crippen MR) is 241 cm³/mol. The molecule has 1 N–H and O–H groups in total. The Morgan fingerprint density at radius 2 is 1.11 bits per heavy atom. The van der Waals surface area contributed by atoms with Gasteiger partial charge in [0.1, 0.15) is 0 Å². The third-order valence-corrected chi connectivity index (χ3v) is 12.2. The van der Waals surface area contributed by atoms with E-state index in [9.17, 15) is 0 Å². The van der Waals surface area contributed by atoms with Gasteiger partial charge in [-0.25, -0.2) is 0 Å². The minimum Gasteiger partial charge on any atom is -0.355 e. The van der Waals surface area contributed by atoms with E-state index in [4.69, 9.17) is 0 Å². The molecule has 0 radical (unpaired) electrons.